The maximum absolute atomic E-state index is 5.30. The van der Waals surface area contributed by atoms with Crippen molar-refractivity contribution in [2.75, 3.05) is 13.2 Å². The second-order valence-corrected chi connectivity index (χ2v) is 3.08. The second-order valence-electron chi connectivity index (χ2n) is 3.08. The topological polar surface area (TPSA) is 55.7 Å². The van der Waals surface area contributed by atoms with Gasteiger partial charge in [0.25, 0.3) is 0 Å². The number of nitrogens with one attached hydrogen (secondary N) is 1. The van der Waals surface area contributed by atoms with E-state index in [1.165, 1.54) is 0 Å². The standard InChI is InChI=1S/C10H14N4O/c1-2-15-8-7-14-6-5-13-10(14)9-11-3-4-12-9/h3-6H,2,7-8H2,1H3,(H,11,12). The highest BCUT2D eigenvalue weighted by Crippen LogP contribution is 2.11. The van der Waals surface area contributed by atoms with Crippen LogP contribution in [-0.4, -0.2) is 32.7 Å². The van der Waals surface area contributed by atoms with Crippen molar-refractivity contribution < 1.29 is 4.74 Å². The number of hydrogen-bond donors (Lipinski definition) is 1. The third kappa shape index (κ3) is 2.24. The number of aromatic amines is 1. The third-order valence-electron chi connectivity index (χ3n) is 2.11. The minimum atomic E-state index is 0.695. The molecule has 2 heterocycles. The van der Waals surface area contributed by atoms with E-state index in [9.17, 15) is 0 Å². The second kappa shape index (κ2) is 4.75. The molecule has 0 bridgehead atoms. The van der Waals surface area contributed by atoms with Crippen LogP contribution in [0.5, 0.6) is 0 Å². The van der Waals surface area contributed by atoms with Gasteiger partial charge in [0.1, 0.15) is 0 Å². The van der Waals surface area contributed by atoms with E-state index in [-0.39, 0.29) is 0 Å². The number of imidazole rings is 2. The maximum atomic E-state index is 5.30. The minimum Gasteiger partial charge on any atom is -0.380 e. The van der Waals surface area contributed by atoms with Gasteiger partial charge in [-0.2, -0.15) is 0 Å². The molecule has 0 aliphatic carbocycles. The van der Waals surface area contributed by atoms with Crippen molar-refractivity contribution in [3.8, 4) is 11.6 Å². The van der Waals surface area contributed by atoms with Crippen LogP contribution in [-0.2, 0) is 11.3 Å². The molecule has 5 heteroatoms. The van der Waals surface area contributed by atoms with E-state index in [0.717, 1.165) is 24.8 Å². The summed E-state index contributed by atoms with van der Waals surface area (Å²) in [5, 5.41) is 0. The van der Waals surface area contributed by atoms with Crippen molar-refractivity contribution in [2.24, 2.45) is 0 Å². The number of H-pyrrole nitrogens is 1. The SMILES string of the molecule is CCOCCn1ccnc1-c1ncc[nH]1. The highest BCUT2D eigenvalue weighted by molar-refractivity contribution is 5.43. The average molecular weight is 206 g/mol. The van der Waals surface area contributed by atoms with Gasteiger partial charge in [-0.05, 0) is 6.92 Å². The molecule has 2 aromatic rings. The fourth-order valence-electron chi connectivity index (χ4n) is 1.40. The molecule has 2 aromatic heterocycles. The van der Waals surface area contributed by atoms with Gasteiger partial charge in [0, 0.05) is 37.9 Å². The zero-order chi connectivity index (χ0) is 10.5. The van der Waals surface area contributed by atoms with E-state index in [1.54, 1.807) is 18.6 Å². The first-order chi connectivity index (χ1) is 7.42. The first-order valence-electron chi connectivity index (χ1n) is 5.00. The third-order valence-corrected chi connectivity index (χ3v) is 2.11. The summed E-state index contributed by atoms with van der Waals surface area (Å²) in [6.07, 6.45) is 7.20. The molecule has 1 N–H and O–H groups in total. The molecule has 15 heavy (non-hydrogen) atoms. The van der Waals surface area contributed by atoms with Crippen LogP contribution in [0.25, 0.3) is 11.6 Å². The van der Waals surface area contributed by atoms with E-state index in [0.29, 0.717) is 6.61 Å². The number of aromatic nitrogens is 4. The summed E-state index contributed by atoms with van der Waals surface area (Å²) in [4.78, 5) is 11.5. The molecule has 80 valence electrons. The summed E-state index contributed by atoms with van der Waals surface area (Å²) in [5.41, 5.74) is 0. The Kier molecular flexibility index (Phi) is 3.14. The Balaban J connectivity index is 2.09. The lowest BCUT2D eigenvalue weighted by molar-refractivity contribution is 0.139. The van der Waals surface area contributed by atoms with E-state index >= 15 is 0 Å². The van der Waals surface area contributed by atoms with Crippen LogP contribution in [0.3, 0.4) is 0 Å². The average Bonchev–Trinajstić information content (AvgIpc) is 2.87. The van der Waals surface area contributed by atoms with E-state index in [2.05, 4.69) is 15.0 Å². The van der Waals surface area contributed by atoms with Gasteiger partial charge < -0.3 is 14.3 Å². The lowest BCUT2D eigenvalue weighted by Gasteiger charge is -2.05. The molecular formula is C10H14N4O. The lowest BCUT2D eigenvalue weighted by atomic mass is 10.5. The van der Waals surface area contributed by atoms with E-state index < -0.39 is 0 Å². The molecular weight excluding hydrogens is 192 g/mol. The maximum Gasteiger partial charge on any atom is 0.176 e. The predicted octanol–water partition coefficient (Wildman–Crippen LogP) is 1.31. The van der Waals surface area contributed by atoms with Gasteiger partial charge in [0.2, 0.25) is 0 Å². The number of ether oxygens (including phenoxy) is 1. The van der Waals surface area contributed by atoms with Crippen LogP contribution in [0.15, 0.2) is 24.8 Å². The molecule has 0 spiro atoms. The zero-order valence-electron chi connectivity index (χ0n) is 8.68. The fourth-order valence-corrected chi connectivity index (χ4v) is 1.40. The van der Waals surface area contributed by atoms with Crippen molar-refractivity contribution in [2.45, 2.75) is 13.5 Å². The van der Waals surface area contributed by atoms with Crippen molar-refractivity contribution in [3.63, 3.8) is 0 Å². The molecule has 0 aliphatic heterocycles. The Morgan fingerprint density at radius 1 is 1.40 bits per heavy atom. The molecule has 0 saturated carbocycles. The summed E-state index contributed by atoms with van der Waals surface area (Å²) in [6, 6.07) is 0. The van der Waals surface area contributed by atoms with Gasteiger partial charge in [0.15, 0.2) is 11.6 Å². The van der Waals surface area contributed by atoms with Crippen LogP contribution in [0.2, 0.25) is 0 Å². The van der Waals surface area contributed by atoms with Gasteiger partial charge in [-0.1, -0.05) is 0 Å². The van der Waals surface area contributed by atoms with Gasteiger partial charge >= 0.3 is 0 Å². The van der Waals surface area contributed by atoms with Crippen LogP contribution in [0, 0.1) is 0 Å². The van der Waals surface area contributed by atoms with Crippen LogP contribution in [0.1, 0.15) is 6.92 Å². The predicted molar refractivity (Wildman–Crippen MR) is 56.3 cm³/mol. The van der Waals surface area contributed by atoms with Crippen molar-refractivity contribution in [3.05, 3.63) is 24.8 Å². The monoisotopic (exact) mass is 206 g/mol. The fraction of sp³-hybridized carbons (Fsp3) is 0.400. The number of nitrogens with zero attached hydrogens (tertiary/aromatic N) is 3. The largest absolute Gasteiger partial charge is 0.380 e. The van der Waals surface area contributed by atoms with E-state index in [1.807, 2.05) is 17.7 Å². The van der Waals surface area contributed by atoms with Gasteiger partial charge in [-0.25, -0.2) is 9.97 Å². The first kappa shape index (κ1) is 9.92. The van der Waals surface area contributed by atoms with Crippen LogP contribution >= 0.6 is 0 Å². The van der Waals surface area contributed by atoms with Crippen molar-refractivity contribution in [1.82, 2.24) is 19.5 Å². The van der Waals surface area contributed by atoms with Crippen molar-refractivity contribution in [1.29, 1.82) is 0 Å². The highest BCUT2D eigenvalue weighted by Gasteiger charge is 2.06. The molecule has 0 aliphatic rings. The Morgan fingerprint density at radius 3 is 3.07 bits per heavy atom. The molecule has 0 saturated heterocycles. The molecule has 5 nitrogen and oxygen atoms in total. The zero-order valence-corrected chi connectivity index (χ0v) is 8.68. The first-order valence-corrected chi connectivity index (χ1v) is 5.00. The van der Waals surface area contributed by atoms with Gasteiger partial charge in [-0.15, -0.1) is 0 Å². The molecule has 0 atom stereocenters. The highest BCUT2D eigenvalue weighted by atomic mass is 16.5. The Hall–Kier alpha value is -1.62. The van der Waals surface area contributed by atoms with E-state index in [4.69, 9.17) is 4.74 Å². The summed E-state index contributed by atoms with van der Waals surface area (Å²) in [7, 11) is 0. The molecule has 0 aromatic carbocycles. The molecule has 0 radical (unpaired) electrons. The summed E-state index contributed by atoms with van der Waals surface area (Å²) < 4.78 is 7.32. The van der Waals surface area contributed by atoms with Gasteiger partial charge in [-0.3, -0.25) is 0 Å². The smallest absolute Gasteiger partial charge is 0.176 e. The van der Waals surface area contributed by atoms with Crippen molar-refractivity contribution >= 4 is 0 Å². The lowest BCUT2D eigenvalue weighted by Crippen LogP contribution is -2.06. The molecule has 0 fully saturated rings. The normalized spacial score (nSPS) is 10.7. The quantitative estimate of drug-likeness (QED) is 0.750. The summed E-state index contributed by atoms with van der Waals surface area (Å²) in [6.45, 7) is 4.22. The summed E-state index contributed by atoms with van der Waals surface area (Å²) in [5.74, 6) is 1.64. The summed E-state index contributed by atoms with van der Waals surface area (Å²) >= 11 is 0. The molecule has 0 unspecified atom stereocenters. The van der Waals surface area contributed by atoms with Crippen LogP contribution < -0.4 is 0 Å². The number of rotatable bonds is 5. The number of hydrogen-bond acceptors (Lipinski definition) is 3. The molecule has 2 rings (SSSR count). The van der Waals surface area contributed by atoms with Gasteiger partial charge in [0.05, 0.1) is 6.61 Å². The Labute approximate surface area is 88.1 Å². The molecule has 0 amide bonds. The minimum absolute atomic E-state index is 0.695. The Morgan fingerprint density at radius 2 is 2.33 bits per heavy atom. The van der Waals surface area contributed by atoms with Crippen LogP contribution in [0.4, 0.5) is 0 Å². The Bertz CT molecular complexity index is 393.